The average Bonchev–Trinajstić information content (AvgIpc) is 3.10. The fraction of sp³-hybridized carbons (Fsp3) is 0.455. The predicted octanol–water partition coefficient (Wildman–Crippen LogP) is 5.60. The van der Waals surface area contributed by atoms with E-state index in [2.05, 4.69) is 31.2 Å². The van der Waals surface area contributed by atoms with Crippen molar-refractivity contribution in [2.24, 2.45) is 5.92 Å². The first-order valence-corrected chi connectivity index (χ1v) is 9.09. The van der Waals surface area contributed by atoms with Gasteiger partial charge < -0.3 is 10.2 Å². The summed E-state index contributed by atoms with van der Waals surface area (Å²) in [6.07, 6.45) is 6.09. The minimum atomic E-state index is -0.0482. The van der Waals surface area contributed by atoms with Crippen LogP contribution in [0.3, 0.4) is 0 Å². The lowest BCUT2D eigenvalue weighted by atomic mass is 9.63. The van der Waals surface area contributed by atoms with Crippen molar-refractivity contribution in [3.8, 4) is 11.5 Å². The summed E-state index contributed by atoms with van der Waals surface area (Å²) in [5.74, 6) is 1.32. The molecule has 1 aliphatic carbocycles. The van der Waals surface area contributed by atoms with Crippen LogP contribution in [0.5, 0.6) is 11.5 Å². The lowest BCUT2D eigenvalue weighted by molar-refractivity contribution is 0.314. The highest BCUT2D eigenvalue weighted by atomic mass is 16.3. The first-order chi connectivity index (χ1) is 11.5. The van der Waals surface area contributed by atoms with E-state index >= 15 is 0 Å². The molecule has 24 heavy (non-hydrogen) atoms. The van der Waals surface area contributed by atoms with Crippen LogP contribution in [0.1, 0.15) is 61.3 Å². The predicted molar refractivity (Wildman–Crippen MR) is 98.7 cm³/mol. The van der Waals surface area contributed by atoms with Crippen LogP contribution in [0, 0.1) is 19.8 Å². The zero-order chi connectivity index (χ0) is 17.3. The average molecular weight is 324 g/mol. The van der Waals surface area contributed by atoms with Crippen molar-refractivity contribution in [1.29, 1.82) is 0 Å². The molecule has 0 spiro atoms. The normalized spacial score (nSPS) is 15.8. The van der Waals surface area contributed by atoms with E-state index < -0.39 is 0 Å². The summed E-state index contributed by atoms with van der Waals surface area (Å²) < 4.78 is 0. The molecule has 1 aliphatic rings. The molecule has 0 bridgehead atoms. The molecule has 2 aromatic rings. The van der Waals surface area contributed by atoms with Crippen LogP contribution >= 0.6 is 0 Å². The van der Waals surface area contributed by atoms with Crippen molar-refractivity contribution >= 4 is 0 Å². The van der Waals surface area contributed by atoms with Crippen LogP contribution in [-0.2, 0) is 5.41 Å². The summed E-state index contributed by atoms with van der Waals surface area (Å²) in [5, 5.41) is 19.9. The number of aryl methyl sites for hydroxylation is 2. The van der Waals surface area contributed by atoms with Crippen LogP contribution in [0.15, 0.2) is 36.4 Å². The van der Waals surface area contributed by atoms with Crippen molar-refractivity contribution < 1.29 is 10.2 Å². The molecule has 0 amide bonds. The Balaban J connectivity index is 2.22. The summed E-state index contributed by atoms with van der Waals surface area (Å²) >= 11 is 0. The third-order valence-corrected chi connectivity index (χ3v) is 6.03. The SMILES string of the molecule is CCC(c1ccc(O)c(C)c1)(c1ccc(O)c(C)c1)C1CCCC1. The Morgan fingerprint density at radius 3 is 1.71 bits per heavy atom. The van der Waals surface area contributed by atoms with Crippen LogP contribution in [-0.4, -0.2) is 10.2 Å². The molecule has 3 rings (SSSR count). The van der Waals surface area contributed by atoms with Gasteiger partial charge in [0.25, 0.3) is 0 Å². The minimum Gasteiger partial charge on any atom is -0.508 e. The third-order valence-electron chi connectivity index (χ3n) is 6.03. The Morgan fingerprint density at radius 2 is 1.33 bits per heavy atom. The van der Waals surface area contributed by atoms with Gasteiger partial charge >= 0.3 is 0 Å². The van der Waals surface area contributed by atoms with E-state index in [1.165, 1.54) is 36.8 Å². The van der Waals surface area contributed by atoms with Crippen molar-refractivity contribution in [3.63, 3.8) is 0 Å². The highest BCUT2D eigenvalue weighted by Gasteiger charge is 2.42. The van der Waals surface area contributed by atoms with Gasteiger partial charge in [-0.2, -0.15) is 0 Å². The van der Waals surface area contributed by atoms with Crippen LogP contribution in [0.4, 0.5) is 0 Å². The summed E-state index contributed by atoms with van der Waals surface area (Å²) in [6, 6.07) is 12.1. The monoisotopic (exact) mass is 324 g/mol. The second-order valence-electron chi connectivity index (χ2n) is 7.31. The number of aromatic hydroxyl groups is 2. The molecule has 2 nitrogen and oxygen atoms in total. The van der Waals surface area contributed by atoms with E-state index in [0.29, 0.717) is 17.4 Å². The standard InChI is InChI=1S/C22H28O2/c1-4-22(17-7-5-6-8-17,18-9-11-20(23)15(2)13-18)19-10-12-21(24)16(3)14-19/h9-14,17,23-24H,4-8H2,1-3H3. The molecule has 0 aliphatic heterocycles. The van der Waals surface area contributed by atoms with Crippen molar-refractivity contribution in [3.05, 3.63) is 58.7 Å². The van der Waals surface area contributed by atoms with Gasteiger partial charge in [0.15, 0.2) is 0 Å². The highest BCUT2D eigenvalue weighted by molar-refractivity contribution is 5.48. The fourth-order valence-electron chi connectivity index (χ4n) is 4.62. The number of phenols is 2. The first kappa shape index (κ1) is 16.9. The maximum atomic E-state index is 9.97. The van der Waals surface area contributed by atoms with Crippen LogP contribution < -0.4 is 0 Å². The maximum Gasteiger partial charge on any atom is 0.118 e. The quantitative estimate of drug-likeness (QED) is 0.768. The molecule has 2 aromatic carbocycles. The summed E-state index contributed by atoms with van der Waals surface area (Å²) in [6.45, 7) is 6.20. The largest absolute Gasteiger partial charge is 0.508 e. The molecule has 0 saturated heterocycles. The Bertz CT molecular complexity index is 675. The van der Waals surface area contributed by atoms with Gasteiger partial charge in [-0.15, -0.1) is 0 Å². The molecule has 0 unspecified atom stereocenters. The van der Waals surface area contributed by atoms with Gasteiger partial charge in [0.2, 0.25) is 0 Å². The molecule has 1 fully saturated rings. The first-order valence-electron chi connectivity index (χ1n) is 9.09. The molecule has 0 aromatic heterocycles. The Hall–Kier alpha value is -1.96. The van der Waals surface area contributed by atoms with Crippen LogP contribution in [0.2, 0.25) is 0 Å². The topological polar surface area (TPSA) is 40.5 Å². The number of hydrogen-bond donors (Lipinski definition) is 2. The zero-order valence-corrected chi connectivity index (χ0v) is 15.0. The molecule has 2 N–H and O–H groups in total. The van der Waals surface area contributed by atoms with Crippen LogP contribution in [0.25, 0.3) is 0 Å². The molecule has 0 atom stereocenters. The molecular weight excluding hydrogens is 296 g/mol. The van der Waals surface area contributed by atoms with Gasteiger partial charge in [-0.3, -0.25) is 0 Å². The Labute approximate surface area is 145 Å². The van der Waals surface area contributed by atoms with Gasteiger partial charge in [0.1, 0.15) is 11.5 Å². The lowest BCUT2D eigenvalue weighted by Gasteiger charge is -2.40. The molecule has 0 heterocycles. The molecule has 0 radical (unpaired) electrons. The van der Waals surface area contributed by atoms with Gasteiger partial charge in [-0.1, -0.05) is 44.0 Å². The number of hydrogen-bond acceptors (Lipinski definition) is 2. The van der Waals surface area contributed by atoms with Gasteiger partial charge in [-0.05, 0) is 73.4 Å². The molecule has 1 saturated carbocycles. The van der Waals surface area contributed by atoms with Crippen molar-refractivity contribution in [2.45, 2.75) is 58.3 Å². The van der Waals surface area contributed by atoms with Crippen molar-refractivity contribution in [2.75, 3.05) is 0 Å². The smallest absolute Gasteiger partial charge is 0.118 e. The van der Waals surface area contributed by atoms with Gasteiger partial charge in [0, 0.05) is 5.41 Å². The van der Waals surface area contributed by atoms with E-state index in [1.54, 1.807) is 0 Å². The van der Waals surface area contributed by atoms with E-state index in [1.807, 2.05) is 26.0 Å². The summed E-state index contributed by atoms with van der Waals surface area (Å²) in [7, 11) is 0. The zero-order valence-electron chi connectivity index (χ0n) is 15.0. The van der Waals surface area contributed by atoms with E-state index in [4.69, 9.17) is 0 Å². The lowest BCUT2D eigenvalue weighted by Crippen LogP contribution is -2.35. The highest BCUT2D eigenvalue weighted by Crippen LogP contribution is 2.50. The van der Waals surface area contributed by atoms with E-state index in [-0.39, 0.29) is 5.41 Å². The van der Waals surface area contributed by atoms with E-state index in [9.17, 15) is 10.2 Å². The Morgan fingerprint density at radius 1 is 0.875 bits per heavy atom. The van der Waals surface area contributed by atoms with Gasteiger partial charge in [0.05, 0.1) is 0 Å². The second-order valence-corrected chi connectivity index (χ2v) is 7.31. The number of phenolic OH excluding ortho intramolecular Hbond substituents is 2. The molecule has 2 heteroatoms. The minimum absolute atomic E-state index is 0.0482. The second kappa shape index (κ2) is 6.51. The van der Waals surface area contributed by atoms with Crippen molar-refractivity contribution in [1.82, 2.24) is 0 Å². The third kappa shape index (κ3) is 2.68. The maximum absolute atomic E-state index is 9.97. The number of rotatable bonds is 4. The summed E-state index contributed by atoms with van der Waals surface area (Å²) in [5.41, 5.74) is 4.39. The molecular formula is C22H28O2. The summed E-state index contributed by atoms with van der Waals surface area (Å²) in [4.78, 5) is 0. The molecule has 128 valence electrons. The number of benzene rings is 2. The van der Waals surface area contributed by atoms with Gasteiger partial charge in [-0.25, -0.2) is 0 Å². The Kier molecular flexibility index (Phi) is 4.58. The van der Waals surface area contributed by atoms with E-state index in [0.717, 1.165) is 17.5 Å². The fourth-order valence-corrected chi connectivity index (χ4v) is 4.62.